The lowest BCUT2D eigenvalue weighted by molar-refractivity contribution is -0.146. The highest BCUT2D eigenvalue weighted by atomic mass is 16.5. The van der Waals surface area contributed by atoms with Crippen molar-refractivity contribution in [3.05, 3.63) is 23.5 Å². The number of imidazole rings is 1. The summed E-state index contributed by atoms with van der Waals surface area (Å²) in [7, 11) is 3.32. The van der Waals surface area contributed by atoms with Gasteiger partial charge in [0.05, 0.1) is 29.6 Å². The summed E-state index contributed by atoms with van der Waals surface area (Å²) in [5, 5.41) is 3.04. The van der Waals surface area contributed by atoms with Gasteiger partial charge in [-0.1, -0.05) is 12.8 Å². The number of carbonyl (C=O) groups excluding carboxylic acids is 3. The quantitative estimate of drug-likeness (QED) is 0.607. The first-order valence-electron chi connectivity index (χ1n) is 13.2. The highest BCUT2D eigenvalue weighted by Gasteiger charge is 2.31. The Balaban J connectivity index is 1.44. The summed E-state index contributed by atoms with van der Waals surface area (Å²) in [6.07, 6.45) is 8.02. The van der Waals surface area contributed by atoms with Crippen molar-refractivity contribution < 1.29 is 23.9 Å². The highest BCUT2D eigenvalue weighted by molar-refractivity contribution is 6.07. The van der Waals surface area contributed by atoms with E-state index in [-0.39, 0.29) is 29.8 Å². The summed E-state index contributed by atoms with van der Waals surface area (Å²) in [5.41, 5.74) is 2.53. The van der Waals surface area contributed by atoms with E-state index in [0.29, 0.717) is 61.6 Å². The van der Waals surface area contributed by atoms with Gasteiger partial charge in [0.1, 0.15) is 11.9 Å². The van der Waals surface area contributed by atoms with Gasteiger partial charge < -0.3 is 24.3 Å². The highest BCUT2D eigenvalue weighted by Crippen LogP contribution is 2.34. The van der Waals surface area contributed by atoms with Gasteiger partial charge >= 0.3 is 5.97 Å². The van der Waals surface area contributed by atoms with Gasteiger partial charge in [-0.2, -0.15) is 0 Å². The first kappa shape index (κ1) is 24.7. The Morgan fingerprint density at radius 2 is 1.83 bits per heavy atom. The molecule has 1 aromatic heterocycles. The molecule has 1 N–H and O–H groups in total. The van der Waals surface area contributed by atoms with Crippen LogP contribution in [-0.2, 0) is 26.1 Å². The molecule has 194 valence electrons. The molecule has 0 radical (unpaired) electrons. The zero-order chi connectivity index (χ0) is 25.2. The van der Waals surface area contributed by atoms with E-state index < -0.39 is 0 Å². The van der Waals surface area contributed by atoms with Crippen LogP contribution in [0.1, 0.15) is 80.1 Å². The first-order valence-corrected chi connectivity index (χ1v) is 13.2. The maximum atomic E-state index is 13.8. The number of likely N-dealkylation sites (tertiary alicyclic amines) is 1. The second kappa shape index (κ2) is 10.6. The maximum absolute atomic E-state index is 13.8. The fraction of sp³-hybridized carbons (Fsp3) is 0.630. The number of benzene rings is 1. The van der Waals surface area contributed by atoms with Crippen LogP contribution in [0.3, 0.4) is 0 Å². The van der Waals surface area contributed by atoms with Crippen LogP contribution in [0.2, 0.25) is 0 Å². The third-order valence-corrected chi connectivity index (χ3v) is 8.00. The number of hydrogen-bond acceptors (Lipinski definition) is 6. The minimum atomic E-state index is -0.218. The zero-order valence-corrected chi connectivity index (χ0v) is 21.3. The molecule has 3 fully saturated rings. The van der Waals surface area contributed by atoms with Crippen LogP contribution in [-0.4, -0.2) is 59.0 Å². The van der Waals surface area contributed by atoms with Crippen LogP contribution in [0.4, 0.5) is 5.69 Å². The molecular formula is C27H36N4O5. The summed E-state index contributed by atoms with van der Waals surface area (Å²) in [5.74, 6) is 0.709. The average molecular weight is 497 g/mol. The average Bonchev–Trinajstić information content (AvgIpc) is 3.65. The molecule has 2 aliphatic heterocycles. The Labute approximate surface area is 211 Å². The number of piperidine rings is 1. The normalized spacial score (nSPS) is 21.3. The van der Waals surface area contributed by atoms with Crippen LogP contribution in [0.25, 0.3) is 11.0 Å². The molecule has 2 amide bonds. The molecule has 9 heteroatoms. The van der Waals surface area contributed by atoms with Crippen molar-refractivity contribution >= 4 is 34.5 Å². The second-order valence-corrected chi connectivity index (χ2v) is 10.4. The van der Waals surface area contributed by atoms with E-state index in [1.165, 1.54) is 20.0 Å². The molecule has 3 aliphatic rings. The molecule has 0 unspecified atom stereocenters. The molecule has 1 aromatic carbocycles. The zero-order valence-electron chi connectivity index (χ0n) is 21.3. The van der Waals surface area contributed by atoms with E-state index >= 15 is 0 Å². The first-order chi connectivity index (χ1) is 17.4. The Bertz CT molecular complexity index is 1140. The Morgan fingerprint density at radius 3 is 2.50 bits per heavy atom. The molecule has 5 rings (SSSR count). The van der Waals surface area contributed by atoms with Gasteiger partial charge in [0.15, 0.2) is 0 Å². The minimum Gasteiger partial charge on any atom is -0.469 e. The molecule has 1 atom stereocenters. The number of ether oxygens (including phenoxy) is 2. The van der Waals surface area contributed by atoms with Crippen LogP contribution < -0.4 is 5.32 Å². The van der Waals surface area contributed by atoms with E-state index in [9.17, 15) is 14.4 Å². The summed E-state index contributed by atoms with van der Waals surface area (Å²) in [6, 6.07) is 3.64. The van der Waals surface area contributed by atoms with E-state index in [0.717, 1.165) is 37.0 Å². The number of nitrogens with zero attached hydrogens (tertiary/aromatic N) is 3. The van der Waals surface area contributed by atoms with Gasteiger partial charge in [0.2, 0.25) is 5.91 Å². The lowest BCUT2D eigenvalue weighted by Crippen LogP contribution is -2.40. The maximum Gasteiger partial charge on any atom is 0.308 e. The summed E-state index contributed by atoms with van der Waals surface area (Å²) in [6.45, 7) is 1.67. The van der Waals surface area contributed by atoms with Gasteiger partial charge in [-0.25, -0.2) is 4.98 Å². The van der Waals surface area contributed by atoms with Crippen molar-refractivity contribution in [2.45, 2.75) is 63.9 Å². The molecule has 2 aromatic rings. The van der Waals surface area contributed by atoms with E-state index in [1.807, 2.05) is 17.7 Å². The molecule has 1 aliphatic carbocycles. The van der Waals surface area contributed by atoms with Crippen LogP contribution >= 0.6 is 0 Å². The number of anilines is 1. The molecule has 1 saturated carbocycles. The number of carbonyl (C=O) groups is 3. The van der Waals surface area contributed by atoms with Crippen molar-refractivity contribution in [2.75, 3.05) is 32.1 Å². The number of hydrogen-bond donors (Lipinski definition) is 1. The van der Waals surface area contributed by atoms with Crippen LogP contribution in [0.15, 0.2) is 12.1 Å². The Hall–Kier alpha value is -2.94. The predicted octanol–water partition coefficient (Wildman–Crippen LogP) is 3.97. The van der Waals surface area contributed by atoms with Crippen molar-refractivity contribution in [1.29, 1.82) is 0 Å². The number of amides is 2. The SMILES string of the molecule is COC(=O)C1CCN(C(=O)c2cc(NC(=O)CC3CCCC3)cc3nc([C@H]4CCCO4)n(C)c23)CC1. The third kappa shape index (κ3) is 4.98. The fourth-order valence-corrected chi connectivity index (χ4v) is 6.02. The number of fused-ring (bicyclic) bond motifs is 1. The predicted molar refractivity (Wildman–Crippen MR) is 134 cm³/mol. The molecule has 3 heterocycles. The fourth-order valence-electron chi connectivity index (χ4n) is 6.02. The summed E-state index contributed by atoms with van der Waals surface area (Å²) in [4.78, 5) is 45.2. The molecular weight excluding hydrogens is 460 g/mol. The van der Waals surface area contributed by atoms with Gasteiger partial charge in [-0.05, 0) is 56.6 Å². The molecule has 36 heavy (non-hydrogen) atoms. The van der Waals surface area contributed by atoms with Crippen molar-refractivity contribution in [2.24, 2.45) is 18.9 Å². The van der Waals surface area contributed by atoms with Crippen LogP contribution in [0, 0.1) is 11.8 Å². The topological polar surface area (TPSA) is 103 Å². The number of aryl methyl sites for hydroxylation is 1. The van der Waals surface area contributed by atoms with Gasteiger partial charge in [0.25, 0.3) is 5.91 Å². The van der Waals surface area contributed by atoms with E-state index in [1.54, 1.807) is 11.0 Å². The van der Waals surface area contributed by atoms with Crippen LogP contribution in [0.5, 0.6) is 0 Å². The van der Waals surface area contributed by atoms with Crippen molar-refractivity contribution in [1.82, 2.24) is 14.5 Å². The molecule has 9 nitrogen and oxygen atoms in total. The van der Waals surface area contributed by atoms with Gasteiger partial charge in [-0.3, -0.25) is 14.4 Å². The molecule has 2 saturated heterocycles. The standard InChI is InChI=1S/C27H36N4O5/c1-30-24-20(26(33)31-11-9-18(10-12-31)27(34)35-2)15-19(28-23(32)14-17-6-3-4-7-17)16-21(24)29-25(30)22-8-5-13-36-22/h15-18,22H,3-14H2,1-2H3,(H,28,32)/t22-/m1/s1. The smallest absolute Gasteiger partial charge is 0.308 e. The summed E-state index contributed by atoms with van der Waals surface area (Å²) >= 11 is 0. The summed E-state index contributed by atoms with van der Waals surface area (Å²) < 4.78 is 12.7. The van der Waals surface area contributed by atoms with Crippen molar-refractivity contribution in [3.8, 4) is 0 Å². The number of aromatic nitrogens is 2. The Morgan fingerprint density at radius 1 is 1.08 bits per heavy atom. The van der Waals surface area contributed by atoms with Gasteiger partial charge in [-0.15, -0.1) is 0 Å². The number of methoxy groups -OCH3 is 1. The molecule has 0 spiro atoms. The Kier molecular flexibility index (Phi) is 7.27. The van der Waals surface area contributed by atoms with Crippen molar-refractivity contribution in [3.63, 3.8) is 0 Å². The largest absolute Gasteiger partial charge is 0.469 e. The van der Waals surface area contributed by atoms with Gasteiger partial charge in [0, 0.05) is 38.9 Å². The second-order valence-electron chi connectivity index (χ2n) is 10.4. The number of rotatable bonds is 6. The van der Waals surface area contributed by atoms with E-state index in [4.69, 9.17) is 14.5 Å². The molecule has 0 bridgehead atoms. The number of esters is 1. The monoisotopic (exact) mass is 496 g/mol. The third-order valence-electron chi connectivity index (χ3n) is 8.00. The minimum absolute atomic E-state index is 0.0196. The van der Waals surface area contributed by atoms with E-state index in [2.05, 4.69) is 5.32 Å². The number of nitrogens with one attached hydrogen (secondary N) is 1. The lowest BCUT2D eigenvalue weighted by atomic mass is 9.96. The lowest BCUT2D eigenvalue weighted by Gasteiger charge is -2.31.